The summed E-state index contributed by atoms with van der Waals surface area (Å²) in [4.78, 5) is 4.02. The molecule has 1 atom stereocenters. The number of ether oxygens (including phenoxy) is 1. The molecule has 0 spiro atoms. The summed E-state index contributed by atoms with van der Waals surface area (Å²) in [6, 6.07) is 9.96. The molecule has 0 fully saturated rings. The first-order valence-corrected chi connectivity index (χ1v) is 6.22. The molecule has 1 unspecified atom stereocenters. The number of anilines is 1. The van der Waals surface area contributed by atoms with Gasteiger partial charge in [-0.25, -0.2) is 0 Å². The first-order chi connectivity index (χ1) is 8.33. The molecule has 0 amide bonds. The number of nitrogens with one attached hydrogen (secondary N) is 1. The molecule has 1 aliphatic rings. The van der Waals surface area contributed by atoms with Crippen molar-refractivity contribution in [3.63, 3.8) is 0 Å². The molecule has 0 aliphatic carbocycles. The van der Waals surface area contributed by atoms with Crippen LogP contribution in [-0.2, 0) is 0 Å². The average Bonchev–Trinajstić information content (AvgIpc) is 2.39. The van der Waals surface area contributed by atoms with Crippen molar-refractivity contribution in [1.82, 2.24) is 4.98 Å². The van der Waals surface area contributed by atoms with E-state index in [2.05, 4.69) is 26.2 Å². The van der Waals surface area contributed by atoms with Crippen molar-refractivity contribution in [2.24, 2.45) is 0 Å². The lowest BCUT2D eigenvalue weighted by Gasteiger charge is -2.27. The second-order valence-electron chi connectivity index (χ2n) is 3.91. The van der Waals surface area contributed by atoms with Gasteiger partial charge in [-0.15, -0.1) is 0 Å². The van der Waals surface area contributed by atoms with Crippen LogP contribution in [0.4, 0.5) is 5.69 Å². The van der Waals surface area contributed by atoms with Crippen LogP contribution in [0.25, 0.3) is 0 Å². The van der Waals surface area contributed by atoms with Gasteiger partial charge in [0.25, 0.3) is 0 Å². The Bertz CT molecular complexity index is 530. The molecule has 4 heteroatoms. The number of rotatable bonds is 1. The number of aromatic nitrogens is 1. The minimum atomic E-state index is 0.0415. The minimum absolute atomic E-state index is 0.0415. The zero-order valence-corrected chi connectivity index (χ0v) is 10.6. The van der Waals surface area contributed by atoms with E-state index in [1.54, 1.807) is 12.4 Å². The molecule has 1 aliphatic heterocycles. The third kappa shape index (κ3) is 2.13. The molecule has 3 nitrogen and oxygen atoms in total. The van der Waals surface area contributed by atoms with Gasteiger partial charge in [0, 0.05) is 16.9 Å². The molecule has 0 saturated heterocycles. The van der Waals surface area contributed by atoms with Crippen LogP contribution in [0.1, 0.15) is 11.7 Å². The number of halogens is 1. The third-order valence-electron chi connectivity index (χ3n) is 2.77. The number of pyridine rings is 1. The molecule has 86 valence electrons. The second-order valence-corrected chi connectivity index (χ2v) is 4.82. The molecule has 17 heavy (non-hydrogen) atoms. The summed E-state index contributed by atoms with van der Waals surface area (Å²) in [7, 11) is 0. The van der Waals surface area contributed by atoms with Crippen molar-refractivity contribution in [2.75, 3.05) is 11.9 Å². The van der Waals surface area contributed by atoms with Gasteiger partial charge >= 0.3 is 0 Å². The van der Waals surface area contributed by atoms with Gasteiger partial charge < -0.3 is 10.1 Å². The summed E-state index contributed by atoms with van der Waals surface area (Å²) in [5.74, 6) is 0.882. The topological polar surface area (TPSA) is 34.1 Å². The van der Waals surface area contributed by atoms with E-state index in [0.29, 0.717) is 0 Å². The van der Waals surface area contributed by atoms with Crippen molar-refractivity contribution in [2.45, 2.75) is 6.10 Å². The smallest absolute Gasteiger partial charge is 0.144 e. The molecular formula is C13H11BrN2O. The standard InChI is InChI=1S/C13H11BrN2O/c14-10-1-2-11-12(7-10)17-13(8-16-11)9-3-5-15-6-4-9/h1-7,13,16H,8H2. The molecule has 3 rings (SSSR count). The Balaban J connectivity index is 1.90. The molecule has 1 aromatic carbocycles. The first-order valence-electron chi connectivity index (χ1n) is 5.43. The van der Waals surface area contributed by atoms with Crippen LogP contribution in [0.2, 0.25) is 0 Å². The van der Waals surface area contributed by atoms with Crippen LogP contribution in [0.5, 0.6) is 5.75 Å². The predicted molar refractivity (Wildman–Crippen MR) is 70.2 cm³/mol. The fraction of sp³-hybridized carbons (Fsp3) is 0.154. The van der Waals surface area contributed by atoms with Crippen molar-refractivity contribution < 1.29 is 4.74 Å². The number of nitrogens with zero attached hydrogens (tertiary/aromatic N) is 1. The quantitative estimate of drug-likeness (QED) is 0.874. The summed E-state index contributed by atoms with van der Waals surface area (Å²) in [6.45, 7) is 0.776. The van der Waals surface area contributed by atoms with Crippen molar-refractivity contribution in [3.8, 4) is 5.75 Å². The van der Waals surface area contributed by atoms with Crippen LogP contribution >= 0.6 is 15.9 Å². The van der Waals surface area contributed by atoms with E-state index in [9.17, 15) is 0 Å². The summed E-state index contributed by atoms with van der Waals surface area (Å²) in [5.41, 5.74) is 2.18. The van der Waals surface area contributed by atoms with Crippen LogP contribution < -0.4 is 10.1 Å². The first kappa shape index (κ1) is 10.6. The highest BCUT2D eigenvalue weighted by Crippen LogP contribution is 2.35. The lowest BCUT2D eigenvalue weighted by Crippen LogP contribution is -2.23. The normalized spacial score (nSPS) is 17.8. The number of hydrogen-bond acceptors (Lipinski definition) is 3. The van der Waals surface area contributed by atoms with Crippen molar-refractivity contribution >= 4 is 21.6 Å². The van der Waals surface area contributed by atoms with Gasteiger partial charge in [0.15, 0.2) is 0 Å². The highest BCUT2D eigenvalue weighted by molar-refractivity contribution is 9.10. The van der Waals surface area contributed by atoms with E-state index in [0.717, 1.165) is 28.0 Å². The largest absolute Gasteiger partial charge is 0.482 e. The van der Waals surface area contributed by atoms with Crippen molar-refractivity contribution in [1.29, 1.82) is 0 Å². The fourth-order valence-electron chi connectivity index (χ4n) is 1.90. The zero-order chi connectivity index (χ0) is 11.7. The van der Waals surface area contributed by atoms with E-state index < -0.39 is 0 Å². The predicted octanol–water partition coefficient (Wildman–Crippen LogP) is 3.39. The fourth-order valence-corrected chi connectivity index (χ4v) is 2.24. The SMILES string of the molecule is Brc1ccc2c(c1)OC(c1ccncc1)CN2. The van der Waals surface area contributed by atoms with Crippen LogP contribution in [0.15, 0.2) is 47.2 Å². The van der Waals surface area contributed by atoms with Gasteiger partial charge in [0.1, 0.15) is 11.9 Å². The average molecular weight is 291 g/mol. The molecule has 0 bridgehead atoms. The van der Waals surface area contributed by atoms with Crippen LogP contribution in [0, 0.1) is 0 Å². The highest BCUT2D eigenvalue weighted by atomic mass is 79.9. The number of benzene rings is 1. The highest BCUT2D eigenvalue weighted by Gasteiger charge is 2.20. The molecular weight excluding hydrogens is 280 g/mol. The lowest BCUT2D eigenvalue weighted by atomic mass is 10.1. The van der Waals surface area contributed by atoms with Gasteiger partial charge in [-0.2, -0.15) is 0 Å². The van der Waals surface area contributed by atoms with E-state index >= 15 is 0 Å². The molecule has 2 aromatic rings. The van der Waals surface area contributed by atoms with Gasteiger partial charge in [-0.3, -0.25) is 4.98 Å². The molecule has 0 saturated carbocycles. The second kappa shape index (κ2) is 4.37. The molecule has 2 heterocycles. The Morgan fingerprint density at radius 2 is 2.06 bits per heavy atom. The van der Waals surface area contributed by atoms with Gasteiger partial charge in [-0.05, 0) is 35.9 Å². The Morgan fingerprint density at radius 3 is 2.88 bits per heavy atom. The lowest BCUT2D eigenvalue weighted by molar-refractivity contribution is 0.210. The summed E-state index contributed by atoms with van der Waals surface area (Å²) >= 11 is 3.45. The maximum atomic E-state index is 5.98. The molecule has 1 N–H and O–H groups in total. The summed E-state index contributed by atoms with van der Waals surface area (Å²) in [6.07, 6.45) is 3.62. The number of hydrogen-bond donors (Lipinski definition) is 1. The Kier molecular flexibility index (Phi) is 2.73. The van der Waals surface area contributed by atoms with E-state index in [4.69, 9.17) is 4.74 Å². The summed E-state index contributed by atoms with van der Waals surface area (Å²) < 4.78 is 7.00. The Labute approximate surface area is 108 Å². The van der Waals surface area contributed by atoms with Gasteiger partial charge in [0.05, 0.1) is 12.2 Å². The Hall–Kier alpha value is -1.55. The van der Waals surface area contributed by atoms with E-state index in [1.165, 1.54) is 0 Å². The van der Waals surface area contributed by atoms with Crippen LogP contribution in [0.3, 0.4) is 0 Å². The van der Waals surface area contributed by atoms with Crippen LogP contribution in [-0.4, -0.2) is 11.5 Å². The van der Waals surface area contributed by atoms with E-state index in [1.807, 2.05) is 30.3 Å². The zero-order valence-electron chi connectivity index (χ0n) is 9.06. The van der Waals surface area contributed by atoms with E-state index in [-0.39, 0.29) is 6.10 Å². The molecule has 1 aromatic heterocycles. The van der Waals surface area contributed by atoms with Gasteiger partial charge in [0.2, 0.25) is 0 Å². The van der Waals surface area contributed by atoms with Gasteiger partial charge in [-0.1, -0.05) is 15.9 Å². The maximum Gasteiger partial charge on any atom is 0.144 e. The third-order valence-corrected chi connectivity index (χ3v) is 3.26. The monoisotopic (exact) mass is 290 g/mol. The Morgan fingerprint density at radius 1 is 1.24 bits per heavy atom. The number of fused-ring (bicyclic) bond motifs is 1. The van der Waals surface area contributed by atoms with Crippen molar-refractivity contribution in [3.05, 3.63) is 52.8 Å². The summed E-state index contributed by atoms with van der Waals surface area (Å²) in [5, 5.41) is 3.37. The molecule has 0 radical (unpaired) electrons. The maximum absolute atomic E-state index is 5.98. The minimum Gasteiger partial charge on any atom is -0.482 e.